The fourth-order valence-electron chi connectivity index (χ4n) is 2.45. The highest BCUT2D eigenvalue weighted by Gasteiger charge is 2.29. The first kappa shape index (κ1) is 11.2. The molecule has 86 valence electrons. The van der Waals surface area contributed by atoms with Crippen molar-refractivity contribution in [3.05, 3.63) is 12.2 Å². The second-order valence-corrected chi connectivity index (χ2v) is 4.95. The molecule has 2 nitrogen and oxygen atoms in total. The molecule has 0 aromatic heterocycles. The third kappa shape index (κ3) is 3.62. The summed E-state index contributed by atoms with van der Waals surface area (Å²) in [5.41, 5.74) is 0. The lowest BCUT2D eigenvalue weighted by molar-refractivity contribution is 0.214. The van der Waals surface area contributed by atoms with Crippen molar-refractivity contribution in [2.75, 3.05) is 26.2 Å². The summed E-state index contributed by atoms with van der Waals surface area (Å²) in [5, 5.41) is 3.44. The molecule has 15 heavy (non-hydrogen) atoms. The van der Waals surface area contributed by atoms with E-state index in [1.165, 1.54) is 51.9 Å². The number of nitrogens with zero attached hydrogens (tertiary/aromatic N) is 1. The lowest BCUT2D eigenvalue weighted by Gasteiger charge is -2.29. The summed E-state index contributed by atoms with van der Waals surface area (Å²) in [7, 11) is 0. The summed E-state index contributed by atoms with van der Waals surface area (Å²) in [4.78, 5) is 2.69. The predicted octanol–water partition coefficient (Wildman–Crippen LogP) is 2.03. The van der Waals surface area contributed by atoms with Crippen LogP contribution < -0.4 is 5.32 Å². The highest BCUT2D eigenvalue weighted by Crippen LogP contribution is 2.28. The van der Waals surface area contributed by atoms with Crippen LogP contribution in [0.4, 0.5) is 0 Å². The molecule has 2 rings (SSSR count). The maximum Gasteiger partial charge on any atom is 0.0166 e. The Morgan fingerprint density at radius 2 is 1.93 bits per heavy atom. The molecule has 0 bridgehead atoms. The predicted molar refractivity (Wildman–Crippen MR) is 65.0 cm³/mol. The van der Waals surface area contributed by atoms with Crippen molar-refractivity contribution >= 4 is 0 Å². The van der Waals surface area contributed by atoms with E-state index in [9.17, 15) is 0 Å². The van der Waals surface area contributed by atoms with E-state index in [1.807, 2.05) is 0 Å². The van der Waals surface area contributed by atoms with Gasteiger partial charge in [-0.15, -0.1) is 0 Å². The minimum Gasteiger partial charge on any atom is -0.317 e. The van der Waals surface area contributed by atoms with Crippen molar-refractivity contribution in [3.8, 4) is 0 Å². The highest BCUT2D eigenvalue weighted by molar-refractivity contribution is 4.91. The summed E-state index contributed by atoms with van der Waals surface area (Å²) >= 11 is 0. The van der Waals surface area contributed by atoms with Gasteiger partial charge in [0.05, 0.1) is 0 Å². The molecular formula is C13H24N2. The zero-order valence-corrected chi connectivity index (χ0v) is 9.91. The summed E-state index contributed by atoms with van der Waals surface area (Å²) in [6, 6.07) is 0.913. The summed E-state index contributed by atoms with van der Waals surface area (Å²) < 4.78 is 0. The molecule has 2 fully saturated rings. The molecule has 1 N–H and O–H groups in total. The molecule has 1 heterocycles. The average Bonchev–Trinajstić information content (AvgIpc) is 3.09. The average molecular weight is 208 g/mol. The van der Waals surface area contributed by atoms with E-state index in [1.54, 1.807) is 0 Å². The van der Waals surface area contributed by atoms with Gasteiger partial charge in [-0.3, -0.25) is 4.90 Å². The van der Waals surface area contributed by atoms with Gasteiger partial charge in [0.25, 0.3) is 0 Å². The Labute approximate surface area is 93.7 Å². The lowest BCUT2D eigenvalue weighted by atomic mass is 9.97. The van der Waals surface area contributed by atoms with Crippen molar-refractivity contribution < 1.29 is 0 Å². The Balaban J connectivity index is 1.76. The van der Waals surface area contributed by atoms with Crippen LogP contribution in [0.5, 0.6) is 0 Å². The van der Waals surface area contributed by atoms with Crippen LogP contribution in [0.2, 0.25) is 0 Å². The topological polar surface area (TPSA) is 15.3 Å². The van der Waals surface area contributed by atoms with E-state index >= 15 is 0 Å². The fraction of sp³-hybridized carbons (Fsp3) is 0.846. The first-order valence-corrected chi connectivity index (χ1v) is 6.46. The molecule has 0 unspecified atom stereocenters. The van der Waals surface area contributed by atoms with E-state index in [4.69, 9.17) is 0 Å². The van der Waals surface area contributed by atoms with E-state index in [2.05, 4.69) is 29.3 Å². The second-order valence-electron chi connectivity index (χ2n) is 4.95. The van der Waals surface area contributed by atoms with Crippen molar-refractivity contribution in [1.29, 1.82) is 0 Å². The number of rotatable bonds is 5. The molecule has 0 amide bonds. The van der Waals surface area contributed by atoms with Gasteiger partial charge in [-0.05, 0) is 51.6 Å². The van der Waals surface area contributed by atoms with Gasteiger partial charge < -0.3 is 5.32 Å². The Bertz CT molecular complexity index is 203. The number of hydrogen-bond donors (Lipinski definition) is 1. The molecule has 1 aliphatic carbocycles. The molecule has 1 saturated carbocycles. The molecule has 2 heteroatoms. The SMILES string of the molecule is CC=CCN(CC1CCNCC1)C1CC1. The second kappa shape index (κ2) is 5.66. The van der Waals surface area contributed by atoms with Crippen molar-refractivity contribution in [1.82, 2.24) is 10.2 Å². The van der Waals surface area contributed by atoms with Crippen LogP contribution in [0.1, 0.15) is 32.6 Å². The Hall–Kier alpha value is -0.340. The summed E-state index contributed by atoms with van der Waals surface area (Å²) in [6.07, 6.45) is 10.1. The van der Waals surface area contributed by atoms with E-state index < -0.39 is 0 Å². The van der Waals surface area contributed by atoms with Gasteiger partial charge in [-0.25, -0.2) is 0 Å². The van der Waals surface area contributed by atoms with Gasteiger partial charge in [0.2, 0.25) is 0 Å². The van der Waals surface area contributed by atoms with E-state index in [0.717, 1.165) is 12.0 Å². The van der Waals surface area contributed by atoms with Crippen LogP contribution in [-0.4, -0.2) is 37.1 Å². The quantitative estimate of drug-likeness (QED) is 0.695. The summed E-state index contributed by atoms with van der Waals surface area (Å²) in [5.74, 6) is 0.942. The molecule has 2 aliphatic rings. The smallest absolute Gasteiger partial charge is 0.0166 e. The van der Waals surface area contributed by atoms with Crippen molar-refractivity contribution in [2.45, 2.75) is 38.6 Å². The van der Waals surface area contributed by atoms with Crippen LogP contribution in [0.3, 0.4) is 0 Å². The van der Waals surface area contributed by atoms with Gasteiger partial charge >= 0.3 is 0 Å². The normalized spacial score (nSPS) is 24.1. The van der Waals surface area contributed by atoms with Crippen LogP contribution in [0, 0.1) is 5.92 Å². The number of hydrogen-bond acceptors (Lipinski definition) is 2. The van der Waals surface area contributed by atoms with Crippen LogP contribution in [0.25, 0.3) is 0 Å². The molecule has 1 saturated heterocycles. The molecule has 0 aromatic carbocycles. The lowest BCUT2D eigenvalue weighted by Crippen LogP contribution is -2.37. The zero-order valence-electron chi connectivity index (χ0n) is 9.91. The van der Waals surface area contributed by atoms with Gasteiger partial charge in [-0.1, -0.05) is 12.2 Å². The van der Waals surface area contributed by atoms with Crippen molar-refractivity contribution in [3.63, 3.8) is 0 Å². The summed E-state index contributed by atoms with van der Waals surface area (Å²) in [6.45, 7) is 7.08. The molecular weight excluding hydrogens is 184 g/mol. The molecule has 1 aliphatic heterocycles. The maximum atomic E-state index is 3.44. The molecule has 0 spiro atoms. The van der Waals surface area contributed by atoms with E-state index in [0.29, 0.717) is 0 Å². The molecule has 0 atom stereocenters. The zero-order chi connectivity index (χ0) is 10.5. The van der Waals surface area contributed by atoms with Crippen LogP contribution in [-0.2, 0) is 0 Å². The highest BCUT2D eigenvalue weighted by atomic mass is 15.2. The van der Waals surface area contributed by atoms with Gasteiger partial charge in [0.15, 0.2) is 0 Å². The minimum absolute atomic E-state index is 0.913. The Kier molecular flexibility index (Phi) is 4.21. The molecule has 0 radical (unpaired) electrons. The number of allylic oxidation sites excluding steroid dienone is 1. The van der Waals surface area contributed by atoms with Crippen molar-refractivity contribution in [2.24, 2.45) is 5.92 Å². The standard InChI is InChI=1S/C13H24N2/c1-2-3-10-15(13-4-5-13)11-12-6-8-14-9-7-12/h2-3,12-14H,4-11H2,1H3. The largest absolute Gasteiger partial charge is 0.317 e. The first-order valence-electron chi connectivity index (χ1n) is 6.46. The number of piperidine rings is 1. The van der Waals surface area contributed by atoms with Gasteiger partial charge in [-0.2, -0.15) is 0 Å². The Morgan fingerprint density at radius 3 is 2.53 bits per heavy atom. The monoisotopic (exact) mass is 208 g/mol. The fourth-order valence-corrected chi connectivity index (χ4v) is 2.45. The third-order valence-electron chi connectivity index (χ3n) is 3.59. The maximum absolute atomic E-state index is 3.44. The minimum atomic E-state index is 0.913. The number of nitrogens with one attached hydrogen (secondary N) is 1. The van der Waals surface area contributed by atoms with Gasteiger partial charge in [0, 0.05) is 19.1 Å². The van der Waals surface area contributed by atoms with Crippen LogP contribution in [0.15, 0.2) is 12.2 Å². The molecule has 0 aromatic rings. The van der Waals surface area contributed by atoms with Gasteiger partial charge in [0.1, 0.15) is 0 Å². The van der Waals surface area contributed by atoms with Crippen LogP contribution >= 0.6 is 0 Å². The Morgan fingerprint density at radius 1 is 1.20 bits per heavy atom. The van der Waals surface area contributed by atoms with E-state index in [-0.39, 0.29) is 0 Å². The third-order valence-corrected chi connectivity index (χ3v) is 3.59. The first-order chi connectivity index (χ1) is 7.40.